The highest BCUT2D eigenvalue weighted by Gasteiger charge is 2.35. The normalized spacial score (nSPS) is 20.4. The summed E-state index contributed by atoms with van der Waals surface area (Å²) in [6.07, 6.45) is 0.527. The van der Waals surface area contributed by atoms with Crippen LogP contribution in [0.5, 0.6) is 0 Å². The van der Waals surface area contributed by atoms with Crippen molar-refractivity contribution in [3.63, 3.8) is 0 Å². The molecule has 116 valence electrons. The zero-order valence-corrected chi connectivity index (χ0v) is 13.0. The Morgan fingerprint density at radius 2 is 1.64 bits per heavy atom. The summed E-state index contributed by atoms with van der Waals surface area (Å²) in [5.41, 5.74) is 4.85. The van der Waals surface area contributed by atoms with Crippen LogP contribution in [0.1, 0.15) is 34.5 Å². The molecule has 0 aromatic heterocycles. The Morgan fingerprint density at radius 3 is 2.32 bits per heavy atom. The van der Waals surface area contributed by atoms with Gasteiger partial charge in [0.25, 0.3) is 0 Å². The number of fused-ring (bicyclic) bond motifs is 1. The molecule has 0 spiro atoms. The number of hydrogen-bond acceptors (Lipinski definition) is 3. The number of aliphatic hydroxyl groups excluding tert-OH is 1. The first-order valence-electron chi connectivity index (χ1n) is 7.63. The minimum atomic E-state index is -0.386. The van der Waals surface area contributed by atoms with Gasteiger partial charge in [0.2, 0.25) is 0 Å². The SMILES string of the molecule is COC(OC)c1ccccc1C1c2ccccc2CC1CO. The first kappa shape index (κ1) is 15.2. The van der Waals surface area contributed by atoms with E-state index in [1.807, 2.05) is 18.2 Å². The van der Waals surface area contributed by atoms with E-state index in [-0.39, 0.29) is 24.7 Å². The molecule has 1 N–H and O–H groups in total. The summed E-state index contributed by atoms with van der Waals surface area (Å²) in [7, 11) is 3.30. The van der Waals surface area contributed by atoms with Gasteiger partial charge in [0.15, 0.2) is 6.29 Å². The minimum Gasteiger partial charge on any atom is -0.396 e. The number of benzene rings is 2. The van der Waals surface area contributed by atoms with E-state index in [0.717, 1.165) is 12.0 Å². The van der Waals surface area contributed by atoms with Crippen LogP contribution < -0.4 is 0 Å². The van der Waals surface area contributed by atoms with E-state index in [2.05, 4.69) is 30.3 Å². The van der Waals surface area contributed by atoms with Gasteiger partial charge in [-0.15, -0.1) is 0 Å². The third-order valence-electron chi connectivity index (χ3n) is 4.59. The van der Waals surface area contributed by atoms with Gasteiger partial charge in [-0.05, 0) is 29.0 Å². The predicted molar refractivity (Wildman–Crippen MR) is 85.8 cm³/mol. The molecule has 22 heavy (non-hydrogen) atoms. The maximum atomic E-state index is 9.85. The molecule has 0 aliphatic heterocycles. The van der Waals surface area contributed by atoms with Crippen LogP contribution in [-0.4, -0.2) is 25.9 Å². The number of aliphatic hydroxyl groups is 1. The Labute approximate surface area is 131 Å². The van der Waals surface area contributed by atoms with Crippen molar-refractivity contribution in [2.24, 2.45) is 5.92 Å². The third kappa shape index (κ3) is 2.56. The van der Waals surface area contributed by atoms with Crippen LogP contribution in [0.3, 0.4) is 0 Å². The van der Waals surface area contributed by atoms with Gasteiger partial charge in [-0.25, -0.2) is 0 Å². The molecule has 0 saturated carbocycles. The van der Waals surface area contributed by atoms with Gasteiger partial charge in [-0.2, -0.15) is 0 Å². The van der Waals surface area contributed by atoms with E-state index in [1.54, 1.807) is 14.2 Å². The molecule has 2 aromatic carbocycles. The molecular weight excluding hydrogens is 276 g/mol. The number of rotatable bonds is 5. The summed E-state index contributed by atoms with van der Waals surface area (Å²) in [5.74, 6) is 0.387. The standard InChI is InChI=1S/C19H22O3/c1-21-19(22-2)17-10-6-5-9-16(17)18-14(12-20)11-13-7-3-4-8-15(13)18/h3-10,14,18-20H,11-12H2,1-2H3. The zero-order valence-electron chi connectivity index (χ0n) is 13.0. The van der Waals surface area contributed by atoms with E-state index in [9.17, 15) is 5.11 Å². The Morgan fingerprint density at radius 1 is 1.00 bits per heavy atom. The Kier molecular flexibility index (Phi) is 4.57. The van der Waals surface area contributed by atoms with Gasteiger partial charge in [0.1, 0.15) is 0 Å². The van der Waals surface area contributed by atoms with Gasteiger partial charge in [-0.3, -0.25) is 0 Å². The molecule has 1 aliphatic rings. The largest absolute Gasteiger partial charge is 0.396 e. The molecule has 0 bridgehead atoms. The summed E-state index contributed by atoms with van der Waals surface area (Å²) in [5, 5.41) is 9.85. The highest BCUT2D eigenvalue weighted by atomic mass is 16.7. The molecule has 0 heterocycles. The van der Waals surface area contributed by atoms with Crippen molar-refractivity contribution in [2.45, 2.75) is 18.6 Å². The van der Waals surface area contributed by atoms with Crippen molar-refractivity contribution < 1.29 is 14.6 Å². The first-order valence-corrected chi connectivity index (χ1v) is 7.63. The maximum absolute atomic E-state index is 9.85. The van der Waals surface area contributed by atoms with Crippen LogP contribution >= 0.6 is 0 Å². The molecule has 2 unspecified atom stereocenters. The van der Waals surface area contributed by atoms with Gasteiger partial charge in [-0.1, -0.05) is 48.5 Å². The summed E-state index contributed by atoms with van der Waals surface area (Å²) < 4.78 is 10.9. The molecule has 0 radical (unpaired) electrons. The minimum absolute atomic E-state index is 0.179. The monoisotopic (exact) mass is 298 g/mol. The Hall–Kier alpha value is -1.68. The highest BCUT2D eigenvalue weighted by molar-refractivity contribution is 5.46. The van der Waals surface area contributed by atoms with Crippen molar-refractivity contribution in [1.29, 1.82) is 0 Å². The van der Waals surface area contributed by atoms with Crippen LogP contribution in [0.4, 0.5) is 0 Å². The average Bonchev–Trinajstić information content (AvgIpc) is 2.95. The molecule has 3 nitrogen and oxygen atoms in total. The molecule has 3 rings (SSSR count). The van der Waals surface area contributed by atoms with Gasteiger partial charge >= 0.3 is 0 Å². The van der Waals surface area contributed by atoms with E-state index in [1.165, 1.54) is 16.7 Å². The zero-order chi connectivity index (χ0) is 15.5. The molecule has 2 atom stereocenters. The number of methoxy groups -OCH3 is 2. The lowest BCUT2D eigenvalue weighted by atomic mass is 9.83. The highest BCUT2D eigenvalue weighted by Crippen LogP contribution is 2.44. The van der Waals surface area contributed by atoms with Crippen LogP contribution in [0.2, 0.25) is 0 Å². The molecular formula is C19H22O3. The molecule has 0 fully saturated rings. The third-order valence-corrected chi connectivity index (χ3v) is 4.59. The fourth-order valence-corrected chi connectivity index (χ4v) is 3.63. The summed E-state index contributed by atoms with van der Waals surface area (Å²) >= 11 is 0. The fourth-order valence-electron chi connectivity index (χ4n) is 3.63. The second-order valence-corrected chi connectivity index (χ2v) is 5.76. The second kappa shape index (κ2) is 6.61. The van der Waals surface area contributed by atoms with E-state index in [0.29, 0.717) is 0 Å². The van der Waals surface area contributed by atoms with Crippen molar-refractivity contribution in [3.8, 4) is 0 Å². The topological polar surface area (TPSA) is 38.7 Å². The van der Waals surface area contributed by atoms with Crippen LogP contribution in [0.15, 0.2) is 48.5 Å². The van der Waals surface area contributed by atoms with Crippen molar-refractivity contribution in [3.05, 3.63) is 70.8 Å². The lowest BCUT2D eigenvalue weighted by Gasteiger charge is -2.25. The molecule has 3 heteroatoms. The molecule has 0 amide bonds. The molecule has 1 aliphatic carbocycles. The van der Waals surface area contributed by atoms with Crippen LogP contribution in [0.25, 0.3) is 0 Å². The maximum Gasteiger partial charge on any atom is 0.183 e. The summed E-state index contributed by atoms with van der Waals surface area (Å²) in [4.78, 5) is 0. The average molecular weight is 298 g/mol. The van der Waals surface area contributed by atoms with Gasteiger partial charge < -0.3 is 14.6 Å². The summed E-state index contributed by atoms with van der Waals surface area (Å²) in [6.45, 7) is 0.179. The molecule has 0 saturated heterocycles. The van der Waals surface area contributed by atoms with Crippen molar-refractivity contribution >= 4 is 0 Å². The van der Waals surface area contributed by atoms with Crippen molar-refractivity contribution in [2.75, 3.05) is 20.8 Å². The number of ether oxygens (including phenoxy) is 2. The Balaban J connectivity index is 2.10. The smallest absolute Gasteiger partial charge is 0.183 e. The van der Waals surface area contributed by atoms with E-state index in [4.69, 9.17) is 9.47 Å². The van der Waals surface area contributed by atoms with Crippen LogP contribution in [0, 0.1) is 5.92 Å². The lowest BCUT2D eigenvalue weighted by Crippen LogP contribution is -2.17. The van der Waals surface area contributed by atoms with Crippen LogP contribution in [-0.2, 0) is 15.9 Å². The Bertz CT molecular complexity index is 634. The van der Waals surface area contributed by atoms with E-state index >= 15 is 0 Å². The van der Waals surface area contributed by atoms with Crippen molar-refractivity contribution in [1.82, 2.24) is 0 Å². The van der Waals surface area contributed by atoms with Gasteiger partial charge in [0.05, 0.1) is 0 Å². The quantitative estimate of drug-likeness (QED) is 0.861. The number of hydrogen-bond donors (Lipinski definition) is 1. The first-order chi connectivity index (χ1) is 10.8. The fraction of sp³-hybridized carbons (Fsp3) is 0.368. The lowest BCUT2D eigenvalue weighted by molar-refractivity contribution is -0.106. The predicted octanol–water partition coefficient (Wildman–Crippen LogP) is 3.27. The summed E-state index contributed by atoms with van der Waals surface area (Å²) in [6, 6.07) is 16.7. The second-order valence-electron chi connectivity index (χ2n) is 5.76. The van der Waals surface area contributed by atoms with E-state index < -0.39 is 0 Å². The van der Waals surface area contributed by atoms with Gasteiger partial charge in [0, 0.05) is 32.3 Å². The molecule has 2 aromatic rings.